The fourth-order valence-electron chi connectivity index (χ4n) is 1.92. The van der Waals surface area contributed by atoms with Crippen LogP contribution in [0.5, 0.6) is 0 Å². The number of aliphatic imine (C=N–C) groups is 1. The van der Waals surface area contributed by atoms with Crippen molar-refractivity contribution in [1.29, 1.82) is 0 Å². The third kappa shape index (κ3) is 1.93. The van der Waals surface area contributed by atoms with Crippen LogP contribution in [0.1, 0.15) is 24.2 Å². The van der Waals surface area contributed by atoms with Crippen molar-refractivity contribution in [2.75, 3.05) is 0 Å². The smallest absolute Gasteiger partial charge is 0.347 e. The normalized spacial score (nSPS) is 20.5. The van der Waals surface area contributed by atoms with Gasteiger partial charge in [-0.25, -0.2) is 4.79 Å². The van der Waals surface area contributed by atoms with E-state index in [1.165, 1.54) is 4.90 Å². The van der Waals surface area contributed by atoms with Gasteiger partial charge in [-0.2, -0.15) is 4.99 Å². The average molecular weight is 242 g/mol. The molecule has 2 rings (SSSR count). The lowest BCUT2D eigenvalue weighted by molar-refractivity contribution is 0.199. The second kappa shape index (κ2) is 4.49. The first-order valence-electron chi connectivity index (χ1n) is 5.59. The topological polar surface area (TPSA) is 71.6 Å². The van der Waals surface area contributed by atoms with Crippen LogP contribution in [0.4, 0.5) is 4.79 Å². The maximum absolute atomic E-state index is 11.8. The summed E-state index contributed by atoms with van der Waals surface area (Å²) in [6.45, 7) is 3.66. The Hall–Kier alpha value is -2.35. The molecule has 0 fully saturated rings. The summed E-state index contributed by atoms with van der Waals surface area (Å²) >= 11 is 0. The number of terminal acetylenes is 1. The van der Waals surface area contributed by atoms with Gasteiger partial charge in [-0.1, -0.05) is 12.0 Å². The number of aryl methyl sites for hydroxylation is 1. The Balaban J connectivity index is 2.41. The van der Waals surface area contributed by atoms with Gasteiger partial charge in [0.1, 0.15) is 11.9 Å². The second-order valence-electron chi connectivity index (χ2n) is 4.20. The summed E-state index contributed by atoms with van der Waals surface area (Å²) in [6, 6.07) is 2.56. The number of pyridine rings is 1. The Morgan fingerprint density at radius 3 is 2.83 bits per heavy atom. The SMILES string of the molecule is C#CC(C)N1C(=O)N=C(N)C1c1ccc(C)nc1. The lowest BCUT2D eigenvalue weighted by atomic mass is 10.1. The lowest BCUT2D eigenvalue weighted by Gasteiger charge is -2.27. The highest BCUT2D eigenvalue weighted by Gasteiger charge is 2.37. The summed E-state index contributed by atoms with van der Waals surface area (Å²) in [4.78, 5) is 21.2. The molecule has 18 heavy (non-hydrogen) atoms. The molecular weight excluding hydrogens is 228 g/mol. The molecule has 2 atom stereocenters. The molecule has 0 spiro atoms. The molecule has 0 saturated heterocycles. The highest BCUT2D eigenvalue weighted by Crippen LogP contribution is 2.28. The van der Waals surface area contributed by atoms with E-state index in [1.807, 2.05) is 19.1 Å². The molecule has 2 N–H and O–H groups in total. The number of carbonyl (C=O) groups is 1. The molecule has 1 aliphatic rings. The van der Waals surface area contributed by atoms with Crippen LogP contribution in [0.15, 0.2) is 23.3 Å². The van der Waals surface area contributed by atoms with Gasteiger partial charge in [0.25, 0.3) is 0 Å². The van der Waals surface area contributed by atoms with Crippen LogP contribution in [0.3, 0.4) is 0 Å². The first-order valence-corrected chi connectivity index (χ1v) is 5.59. The van der Waals surface area contributed by atoms with E-state index in [0.717, 1.165) is 11.3 Å². The molecule has 2 amide bonds. The largest absolute Gasteiger partial charge is 0.385 e. The van der Waals surface area contributed by atoms with Crippen LogP contribution in [0.2, 0.25) is 0 Å². The van der Waals surface area contributed by atoms with Crippen molar-refractivity contribution in [2.45, 2.75) is 25.9 Å². The predicted octanol–water partition coefficient (Wildman–Crippen LogP) is 1.25. The first-order chi connectivity index (χ1) is 8.54. The van der Waals surface area contributed by atoms with Gasteiger partial charge in [0.2, 0.25) is 0 Å². The van der Waals surface area contributed by atoms with E-state index in [2.05, 4.69) is 15.9 Å². The molecule has 5 heteroatoms. The Kier molecular flexibility index (Phi) is 3.02. The van der Waals surface area contributed by atoms with Crippen LogP contribution in [0.25, 0.3) is 0 Å². The Morgan fingerprint density at radius 1 is 1.56 bits per heavy atom. The number of carbonyl (C=O) groups excluding carboxylic acids is 1. The predicted molar refractivity (Wildman–Crippen MR) is 68.9 cm³/mol. The highest BCUT2D eigenvalue weighted by atomic mass is 16.2. The molecule has 5 nitrogen and oxygen atoms in total. The third-order valence-electron chi connectivity index (χ3n) is 2.91. The van der Waals surface area contributed by atoms with Crippen molar-refractivity contribution in [3.05, 3.63) is 29.6 Å². The monoisotopic (exact) mass is 242 g/mol. The van der Waals surface area contributed by atoms with Crippen molar-refractivity contribution in [1.82, 2.24) is 9.88 Å². The number of nitrogens with two attached hydrogens (primary N) is 1. The molecule has 0 aromatic carbocycles. The molecule has 92 valence electrons. The molecule has 0 bridgehead atoms. The van der Waals surface area contributed by atoms with E-state index in [1.54, 1.807) is 13.1 Å². The zero-order valence-corrected chi connectivity index (χ0v) is 10.3. The van der Waals surface area contributed by atoms with Gasteiger partial charge in [-0.05, 0) is 19.9 Å². The van der Waals surface area contributed by atoms with Gasteiger partial charge in [0, 0.05) is 17.5 Å². The Labute approximate surface area is 106 Å². The van der Waals surface area contributed by atoms with Gasteiger partial charge in [-0.15, -0.1) is 6.42 Å². The minimum absolute atomic E-state index is 0.257. The summed E-state index contributed by atoms with van der Waals surface area (Å²) in [5.41, 5.74) is 7.53. The quantitative estimate of drug-likeness (QED) is 0.793. The minimum atomic E-state index is -0.420. The van der Waals surface area contributed by atoms with E-state index in [0.29, 0.717) is 0 Å². The van der Waals surface area contributed by atoms with Crippen molar-refractivity contribution in [2.24, 2.45) is 10.7 Å². The zero-order valence-electron chi connectivity index (χ0n) is 10.3. The molecule has 1 aliphatic heterocycles. The maximum atomic E-state index is 11.8. The van der Waals surface area contributed by atoms with E-state index < -0.39 is 12.1 Å². The molecule has 2 heterocycles. The van der Waals surface area contributed by atoms with Crippen molar-refractivity contribution >= 4 is 11.9 Å². The number of hydrogen-bond donors (Lipinski definition) is 1. The van der Waals surface area contributed by atoms with Crippen LogP contribution in [-0.2, 0) is 0 Å². The summed E-state index contributed by atoms with van der Waals surface area (Å²) in [5, 5.41) is 0. The standard InChI is InChI=1S/C13H14N4O/c1-4-9(3)17-11(12(14)16-13(17)18)10-6-5-8(2)15-7-10/h1,5-7,9,11H,2-3H3,(H2,14,16,18). The number of nitrogens with zero attached hydrogens (tertiary/aromatic N) is 3. The van der Waals surface area contributed by atoms with E-state index in [4.69, 9.17) is 12.2 Å². The zero-order chi connectivity index (χ0) is 13.3. The van der Waals surface area contributed by atoms with Crippen LogP contribution in [-0.4, -0.2) is 27.8 Å². The number of aromatic nitrogens is 1. The number of rotatable bonds is 2. The first kappa shape index (κ1) is 12.1. The number of hydrogen-bond acceptors (Lipinski definition) is 3. The molecular formula is C13H14N4O. The maximum Gasteiger partial charge on any atom is 0.347 e. The number of amidine groups is 1. The van der Waals surface area contributed by atoms with Crippen LogP contribution >= 0.6 is 0 Å². The molecule has 0 saturated carbocycles. The molecule has 1 aromatic heterocycles. The van der Waals surface area contributed by atoms with Gasteiger partial charge in [0.15, 0.2) is 0 Å². The summed E-state index contributed by atoms with van der Waals surface area (Å²) in [7, 11) is 0. The van der Waals surface area contributed by atoms with Gasteiger partial charge >= 0.3 is 6.03 Å². The number of amides is 2. The minimum Gasteiger partial charge on any atom is -0.385 e. The van der Waals surface area contributed by atoms with E-state index >= 15 is 0 Å². The van der Waals surface area contributed by atoms with Gasteiger partial charge < -0.3 is 5.73 Å². The average Bonchev–Trinajstić information content (AvgIpc) is 2.64. The molecule has 0 radical (unpaired) electrons. The van der Waals surface area contributed by atoms with Gasteiger partial charge in [-0.3, -0.25) is 9.88 Å². The van der Waals surface area contributed by atoms with Crippen LogP contribution in [0, 0.1) is 19.3 Å². The molecule has 2 unspecified atom stereocenters. The lowest BCUT2D eigenvalue weighted by Crippen LogP contribution is -2.39. The van der Waals surface area contributed by atoms with E-state index in [-0.39, 0.29) is 11.9 Å². The van der Waals surface area contributed by atoms with Crippen molar-refractivity contribution in [3.63, 3.8) is 0 Å². The number of urea groups is 1. The van der Waals surface area contributed by atoms with Gasteiger partial charge in [0.05, 0.1) is 6.04 Å². The summed E-state index contributed by atoms with van der Waals surface area (Å²) in [6.07, 6.45) is 7.06. The van der Waals surface area contributed by atoms with Crippen LogP contribution < -0.4 is 5.73 Å². The fourth-order valence-corrected chi connectivity index (χ4v) is 1.92. The third-order valence-corrected chi connectivity index (χ3v) is 2.91. The van der Waals surface area contributed by atoms with Crippen molar-refractivity contribution in [3.8, 4) is 12.3 Å². The summed E-state index contributed by atoms with van der Waals surface area (Å²) in [5.74, 6) is 2.78. The fraction of sp³-hybridized carbons (Fsp3) is 0.308. The Morgan fingerprint density at radius 2 is 2.28 bits per heavy atom. The Bertz CT molecular complexity index is 541. The van der Waals surface area contributed by atoms with Crippen molar-refractivity contribution < 1.29 is 4.79 Å². The summed E-state index contributed by atoms with van der Waals surface area (Å²) < 4.78 is 0. The highest BCUT2D eigenvalue weighted by molar-refractivity contribution is 6.03. The second-order valence-corrected chi connectivity index (χ2v) is 4.20. The molecule has 1 aromatic rings. The molecule has 0 aliphatic carbocycles. The van der Waals surface area contributed by atoms with E-state index in [9.17, 15) is 4.79 Å².